The zero-order chi connectivity index (χ0) is 6.57. The monoisotopic (exact) mass is 135 g/mol. The number of amides is 1. The molecule has 0 rings (SSSR count). The molecule has 0 aromatic heterocycles. The van der Waals surface area contributed by atoms with Crippen molar-refractivity contribution in [3.05, 3.63) is 0 Å². The molecule has 0 saturated heterocycles. The maximum Gasteiger partial charge on any atom is 0.411 e. The quantitative estimate of drug-likeness (QED) is 0.500. The number of carbonyl (C=O) groups is 1. The standard InChI is InChI=1S/C4H10NO2P/c1-5(2)4(6)7-8-3/h8H,1-3H3. The molecule has 3 nitrogen and oxygen atoms in total. The Bertz CT molecular complexity index is 84.1. The fraction of sp³-hybridized carbons (Fsp3) is 0.750. The molecule has 4 heteroatoms. The zero-order valence-corrected chi connectivity index (χ0v) is 6.26. The highest BCUT2D eigenvalue weighted by Crippen LogP contribution is 2.05. The van der Waals surface area contributed by atoms with E-state index in [4.69, 9.17) is 0 Å². The average Bonchev–Trinajstić information content (AvgIpc) is 1.67. The molecule has 0 radical (unpaired) electrons. The third-order valence-electron chi connectivity index (χ3n) is 0.555. The Balaban J connectivity index is 3.33. The van der Waals surface area contributed by atoms with Crippen LogP contribution in [-0.4, -0.2) is 31.8 Å². The van der Waals surface area contributed by atoms with Crippen molar-refractivity contribution in [2.45, 2.75) is 0 Å². The van der Waals surface area contributed by atoms with E-state index in [1.807, 2.05) is 0 Å². The molecule has 0 fully saturated rings. The lowest BCUT2D eigenvalue weighted by molar-refractivity contribution is 0.178. The Kier molecular flexibility index (Phi) is 3.53. The van der Waals surface area contributed by atoms with Crippen LogP contribution in [0.2, 0.25) is 0 Å². The van der Waals surface area contributed by atoms with E-state index in [0.29, 0.717) is 0 Å². The number of rotatable bonds is 1. The van der Waals surface area contributed by atoms with Gasteiger partial charge in [-0.05, 0) is 6.66 Å². The van der Waals surface area contributed by atoms with Crippen LogP contribution in [0.5, 0.6) is 0 Å². The second kappa shape index (κ2) is 3.67. The van der Waals surface area contributed by atoms with Crippen LogP contribution in [0.4, 0.5) is 4.79 Å². The summed E-state index contributed by atoms with van der Waals surface area (Å²) in [5, 5.41) is 0. The summed E-state index contributed by atoms with van der Waals surface area (Å²) in [6, 6.07) is 0. The first-order valence-corrected chi connectivity index (χ1v) is 3.64. The van der Waals surface area contributed by atoms with E-state index in [2.05, 4.69) is 4.52 Å². The first kappa shape index (κ1) is 7.70. The Morgan fingerprint density at radius 1 is 1.62 bits per heavy atom. The van der Waals surface area contributed by atoms with E-state index in [1.165, 1.54) is 4.90 Å². The van der Waals surface area contributed by atoms with Gasteiger partial charge in [-0.2, -0.15) is 0 Å². The van der Waals surface area contributed by atoms with Crippen molar-refractivity contribution in [2.24, 2.45) is 0 Å². The second-order valence-corrected chi connectivity index (χ2v) is 2.08. The van der Waals surface area contributed by atoms with Gasteiger partial charge in [-0.15, -0.1) is 0 Å². The van der Waals surface area contributed by atoms with Gasteiger partial charge in [0.05, 0.1) is 8.81 Å². The Labute approximate surface area is 50.9 Å². The predicted octanol–water partition coefficient (Wildman–Crippen LogP) is 0.908. The molecule has 0 heterocycles. The van der Waals surface area contributed by atoms with Crippen molar-refractivity contribution in [2.75, 3.05) is 20.8 Å². The van der Waals surface area contributed by atoms with Crippen molar-refractivity contribution < 1.29 is 9.32 Å². The number of hydrogen-bond acceptors (Lipinski definition) is 2. The molecule has 1 unspecified atom stereocenters. The van der Waals surface area contributed by atoms with Crippen LogP contribution in [0.1, 0.15) is 0 Å². The number of nitrogens with zero attached hydrogens (tertiary/aromatic N) is 1. The van der Waals surface area contributed by atoms with Crippen molar-refractivity contribution in [1.82, 2.24) is 4.90 Å². The summed E-state index contributed by atoms with van der Waals surface area (Å²) < 4.78 is 4.62. The summed E-state index contributed by atoms with van der Waals surface area (Å²) in [7, 11) is 3.55. The van der Waals surface area contributed by atoms with Gasteiger partial charge in [0.1, 0.15) is 0 Å². The molecule has 1 amide bonds. The topological polar surface area (TPSA) is 29.5 Å². The minimum atomic E-state index is -0.272. The van der Waals surface area contributed by atoms with Gasteiger partial charge in [-0.25, -0.2) is 4.79 Å². The van der Waals surface area contributed by atoms with Crippen LogP contribution in [0.25, 0.3) is 0 Å². The van der Waals surface area contributed by atoms with E-state index < -0.39 is 0 Å². The Morgan fingerprint density at radius 2 is 2.12 bits per heavy atom. The van der Waals surface area contributed by atoms with Crippen molar-refractivity contribution in [3.8, 4) is 0 Å². The first-order valence-electron chi connectivity index (χ1n) is 2.23. The minimum absolute atomic E-state index is 0.240. The molecule has 48 valence electrons. The van der Waals surface area contributed by atoms with Gasteiger partial charge in [0.25, 0.3) is 0 Å². The predicted molar refractivity (Wildman–Crippen MR) is 34.4 cm³/mol. The van der Waals surface area contributed by atoms with Gasteiger partial charge < -0.3 is 9.42 Å². The van der Waals surface area contributed by atoms with Crippen LogP contribution in [0.15, 0.2) is 0 Å². The zero-order valence-electron chi connectivity index (χ0n) is 5.26. The van der Waals surface area contributed by atoms with Crippen molar-refractivity contribution >= 4 is 14.9 Å². The van der Waals surface area contributed by atoms with E-state index in [-0.39, 0.29) is 14.9 Å². The smallest absolute Gasteiger partial charge is 0.411 e. The number of carbonyl (C=O) groups excluding carboxylic acids is 1. The highest BCUT2D eigenvalue weighted by atomic mass is 31.1. The Morgan fingerprint density at radius 3 is 2.25 bits per heavy atom. The van der Waals surface area contributed by atoms with Crippen LogP contribution in [0, 0.1) is 0 Å². The average molecular weight is 135 g/mol. The summed E-state index contributed by atoms with van der Waals surface area (Å²) in [6.07, 6.45) is -0.272. The van der Waals surface area contributed by atoms with Gasteiger partial charge >= 0.3 is 6.09 Å². The van der Waals surface area contributed by atoms with E-state index in [9.17, 15) is 4.79 Å². The second-order valence-electron chi connectivity index (χ2n) is 1.47. The molecule has 0 aliphatic rings. The van der Waals surface area contributed by atoms with Gasteiger partial charge in [-0.3, -0.25) is 0 Å². The molecule has 0 N–H and O–H groups in total. The third-order valence-corrected chi connectivity index (χ3v) is 0.933. The molecule has 8 heavy (non-hydrogen) atoms. The van der Waals surface area contributed by atoms with Gasteiger partial charge in [0.15, 0.2) is 0 Å². The van der Waals surface area contributed by atoms with Crippen LogP contribution in [0.3, 0.4) is 0 Å². The van der Waals surface area contributed by atoms with Crippen molar-refractivity contribution in [3.63, 3.8) is 0 Å². The maximum atomic E-state index is 10.5. The molecule has 1 atom stereocenters. The summed E-state index contributed by atoms with van der Waals surface area (Å²) in [6.45, 7) is 1.81. The highest BCUT2D eigenvalue weighted by molar-refractivity contribution is 7.31. The largest absolute Gasteiger partial charge is 0.432 e. The lowest BCUT2D eigenvalue weighted by Gasteiger charge is -2.07. The lowest BCUT2D eigenvalue weighted by Crippen LogP contribution is -2.19. The van der Waals surface area contributed by atoms with Gasteiger partial charge in [-0.1, -0.05) is 0 Å². The minimum Gasteiger partial charge on any atom is -0.432 e. The van der Waals surface area contributed by atoms with Crippen LogP contribution >= 0.6 is 8.81 Å². The van der Waals surface area contributed by atoms with Crippen LogP contribution < -0.4 is 0 Å². The Hall–Kier alpha value is -0.300. The molecular weight excluding hydrogens is 125 g/mol. The van der Waals surface area contributed by atoms with Crippen molar-refractivity contribution in [1.29, 1.82) is 0 Å². The van der Waals surface area contributed by atoms with Crippen LogP contribution in [-0.2, 0) is 4.52 Å². The fourth-order valence-corrected chi connectivity index (χ4v) is 0.536. The SMILES string of the molecule is CPOC(=O)N(C)C. The van der Waals surface area contributed by atoms with E-state index >= 15 is 0 Å². The molecular formula is C4H10NO2P. The summed E-state index contributed by atoms with van der Waals surface area (Å²) >= 11 is 0. The first-order chi connectivity index (χ1) is 3.68. The molecule has 0 aromatic rings. The normalized spacial score (nSPS) is 9.88. The fourth-order valence-electron chi connectivity index (χ4n) is 0.179. The molecule has 0 aliphatic heterocycles. The summed E-state index contributed by atoms with van der Waals surface area (Å²) in [5.41, 5.74) is 0. The highest BCUT2D eigenvalue weighted by Gasteiger charge is 1.99. The maximum absolute atomic E-state index is 10.5. The third kappa shape index (κ3) is 2.80. The summed E-state index contributed by atoms with van der Waals surface area (Å²) in [4.78, 5) is 11.9. The van der Waals surface area contributed by atoms with Gasteiger partial charge in [0.2, 0.25) is 0 Å². The molecule has 0 aromatic carbocycles. The van der Waals surface area contributed by atoms with E-state index in [1.54, 1.807) is 20.8 Å². The molecule has 0 aliphatic carbocycles. The van der Waals surface area contributed by atoms with E-state index in [0.717, 1.165) is 0 Å². The molecule has 0 bridgehead atoms. The molecule has 0 spiro atoms. The summed E-state index contributed by atoms with van der Waals surface area (Å²) in [5.74, 6) is 0. The number of hydrogen-bond donors (Lipinski definition) is 0. The van der Waals surface area contributed by atoms with Gasteiger partial charge in [0, 0.05) is 14.1 Å². The lowest BCUT2D eigenvalue weighted by atomic mass is 10.9. The molecule has 0 saturated carbocycles.